The summed E-state index contributed by atoms with van der Waals surface area (Å²) >= 11 is 0. The van der Waals surface area contributed by atoms with Crippen molar-refractivity contribution in [2.75, 3.05) is 19.7 Å². The molecule has 0 spiro atoms. The number of ether oxygens (including phenoxy) is 1. The summed E-state index contributed by atoms with van der Waals surface area (Å²) in [4.78, 5) is 27.1. The smallest absolute Gasteiger partial charge is 0.310 e. The number of esters is 1. The van der Waals surface area contributed by atoms with Crippen molar-refractivity contribution in [2.24, 2.45) is 5.92 Å². The van der Waals surface area contributed by atoms with Crippen LogP contribution in [0.15, 0.2) is 30.3 Å². The van der Waals surface area contributed by atoms with Crippen molar-refractivity contribution in [3.8, 4) is 0 Å². The van der Waals surface area contributed by atoms with Crippen molar-refractivity contribution < 1.29 is 14.3 Å². The Morgan fingerprint density at radius 2 is 2.00 bits per heavy atom. The molecule has 5 nitrogen and oxygen atoms in total. The lowest BCUT2D eigenvalue weighted by Crippen LogP contribution is -2.47. The zero-order chi connectivity index (χ0) is 16.9. The number of likely N-dealkylation sites (tertiary alicyclic amines) is 1. The second-order valence-corrected chi connectivity index (χ2v) is 6.68. The van der Waals surface area contributed by atoms with Gasteiger partial charge in [0.25, 0.3) is 0 Å². The maximum Gasteiger partial charge on any atom is 0.310 e. The Hall–Kier alpha value is -1.88. The van der Waals surface area contributed by atoms with Crippen molar-refractivity contribution in [2.45, 2.75) is 44.7 Å². The quantitative estimate of drug-likeness (QED) is 0.813. The monoisotopic (exact) mass is 330 g/mol. The Labute approximate surface area is 143 Å². The number of piperidine rings is 1. The first-order chi connectivity index (χ1) is 11.7. The molecule has 0 unspecified atom stereocenters. The van der Waals surface area contributed by atoms with Gasteiger partial charge in [-0.05, 0) is 44.7 Å². The third-order valence-corrected chi connectivity index (χ3v) is 4.73. The van der Waals surface area contributed by atoms with Crippen LogP contribution in [0.25, 0.3) is 0 Å². The first kappa shape index (κ1) is 17.0. The van der Waals surface area contributed by atoms with Crippen molar-refractivity contribution >= 4 is 11.9 Å². The van der Waals surface area contributed by atoms with Gasteiger partial charge in [-0.25, -0.2) is 0 Å². The highest BCUT2D eigenvalue weighted by atomic mass is 16.5. The molecule has 1 saturated heterocycles. The average Bonchev–Trinajstić information content (AvgIpc) is 3.40. The number of benzene rings is 1. The Morgan fingerprint density at radius 3 is 2.67 bits per heavy atom. The third-order valence-electron chi connectivity index (χ3n) is 4.73. The van der Waals surface area contributed by atoms with Gasteiger partial charge in [0.05, 0.1) is 12.5 Å². The van der Waals surface area contributed by atoms with E-state index in [4.69, 9.17) is 4.74 Å². The predicted octanol–water partition coefficient (Wildman–Crippen LogP) is 2.28. The molecule has 24 heavy (non-hydrogen) atoms. The van der Waals surface area contributed by atoms with Crippen LogP contribution in [0.4, 0.5) is 0 Å². The van der Waals surface area contributed by atoms with E-state index in [0.29, 0.717) is 19.2 Å². The number of hydrogen-bond acceptors (Lipinski definition) is 4. The fourth-order valence-corrected chi connectivity index (χ4v) is 3.36. The van der Waals surface area contributed by atoms with Crippen LogP contribution in [-0.2, 0) is 14.3 Å². The molecule has 0 bridgehead atoms. The minimum Gasteiger partial charge on any atom is -0.466 e. The Bertz CT molecular complexity index is 571. The topological polar surface area (TPSA) is 58.6 Å². The van der Waals surface area contributed by atoms with Crippen LogP contribution in [0.5, 0.6) is 0 Å². The molecule has 5 heteroatoms. The van der Waals surface area contributed by atoms with Crippen LogP contribution in [0.1, 0.15) is 44.2 Å². The van der Waals surface area contributed by atoms with E-state index < -0.39 is 0 Å². The molecule has 1 heterocycles. The highest BCUT2D eigenvalue weighted by Crippen LogP contribution is 2.29. The number of amides is 1. The molecule has 2 atom stereocenters. The molecule has 130 valence electrons. The summed E-state index contributed by atoms with van der Waals surface area (Å²) in [6, 6.07) is 9.85. The lowest BCUT2D eigenvalue weighted by molar-refractivity contribution is -0.151. The van der Waals surface area contributed by atoms with Gasteiger partial charge < -0.3 is 10.1 Å². The first-order valence-electron chi connectivity index (χ1n) is 8.95. The molecule has 1 aromatic carbocycles. The van der Waals surface area contributed by atoms with E-state index in [0.717, 1.165) is 37.8 Å². The van der Waals surface area contributed by atoms with Gasteiger partial charge in [0.2, 0.25) is 5.91 Å². The van der Waals surface area contributed by atoms with E-state index in [2.05, 4.69) is 10.2 Å². The Kier molecular flexibility index (Phi) is 5.51. The van der Waals surface area contributed by atoms with Crippen molar-refractivity contribution in [3.05, 3.63) is 35.9 Å². The largest absolute Gasteiger partial charge is 0.466 e. The SMILES string of the molecule is CCOC(=O)[C@@H]1CCCN([C@@H](C(=O)NC2CC2)c2ccccc2)C1. The zero-order valence-corrected chi connectivity index (χ0v) is 14.2. The second-order valence-electron chi connectivity index (χ2n) is 6.68. The molecule has 1 aromatic rings. The van der Waals surface area contributed by atoms with Gasteiger partial charge in [0.1, 0.15) is 6.04 Å². The minimum atomic E-state index is -0.330. The van der Waals surface area contributed by atoms with Crippen LogP contribution < -0.4 is 5.32 Å². The number of carbonyl (C=O) groups excluding carboxylic acids is 2. The normalized spacial score (nSPS) is 22.6. The van der Waals surface area contributed by atoms with Crippen molar-refractivity contribution in [1.29, 1.82) is 0 Å². The van der Waals surface area contributed by atoms with Crippen LogP contribution in [0.3, 0.4) is 0 Å². The number of nitrogens with zero attached hydrogens (tertiary/aromatic N) is 1. The van der Waals surface area contributed by atoms with E-state index in [1.165, 1.54) is 0 Å². The Morgan fingerprint density at radius 1 is 1.25 bits per heavy atom. The minimum absolute atomic E-state index is 0.0493. The summed E-state index contributed by atoms with van der Waals surface area (Å²) in [6.07, 6.45) is 3.88. The molecule has 2 fully saturated rings. The van der Waals surface area contributed by atoms with Crippen LogP contribution >= 0.6 is 0 Å². The van der Waals surface area contributed by atoms with Gasteiger partial charge in [-0.1, -0.05) is 30.3 Å². The van der Waals surface area contributed by atoms with Crippen molar-refractivity contribution in [3.63, 3.8) is 0 Å². The zero-order valence-electron chi connectivity index (χ0n) is 14.2. The van der Waals surface area contributed by atoms with Crippen molar-refractivity contribution in [1.82, 2.24) is 10.2 Å². The fourth-order valence-electron chi connectivity index (χ4n) is 3.36. The summed E-state index contributed by atoms with van der Waals surface area (Å²) in [5.41, 5.74) is 0.986. The molecular weight excluding hydrogens is 304 g/mol. The van der Waals surface area contributed by atoms with E-state index in [-0.39, 0.29) is 23.8 Å². The average molecular weight is 330 g/mol. The summed E-state index contributed by atoms with van der Waals surface area (Å²) in [6.45, 7) is 3.64. The summed E-state index contributed by atoms with van der Waals surface area (Å²) < 4.78 is 5.18. The molecule has 3 rings (SSSR count). The lowest BCUT2D eigenvalue weighted by atomic mass is 9.94. The Balaban J connectivity index is 1.76. The number of rotatable bonds is 6. The summed E-state index contributed by atoms with van der Waals surface area (Å²) in [7, 11) is 0. The second kappa shape index (κ2) is 7.79. The standard InChI is InChI=1S/C19H26N2O3/c1-2-24-19(23)15-9-6-12-21(13-15)17(14-7-4-3-5-8-14)18(22)20-16-10-11-16/h3-5,7-8,15-17H,2,6,9-13H2,1H3,(H,20,22)/t15-,17-/m1/s1. The first-order valence-corrected chi connectivity index (χ1v) is 8.95. The van der Waals surface area contributed by atoms with Gasteiger partial charge in [0, 0.05) is 12.6 Å². The molecule has 1 amide bonds. The fraction of sp³-hybridized carbons (Fsp3) is 0.579. The number of hydrogen-bond donors (Lipinski definition) is 1. The molecule has 1 aliphatic carbocycles. The molecule has 1 aliphatic heterocycles. The van der Waals surface area contributed by atoms with Gasteiger partial charge in [0.15, 0.2) is 0 Å². The number of nitrogens with one attached hydrogen (secondary N) is 1. The summed E-state index contributed by atoms with van der Waals surface area (Å²) in [5.74, 6) is -0.233. The predicted molar refractivity (Wildman–Crippen MR) is 91.3 cm³/mol. The highest BCUT2D eigenvalue weighted by molar-refractivity contribution is 5.84. The molecule has 1 N–H and O–H groups in total. The van der Waals surface area contributed by atoms with Gasteiger partial charge >= 0.3 is 5.97 Å². The van der Waals surface area contributed by atoms with Crippen LogP contribution in [0.2, 0.25) is 0 Å². The molecule has 1 saturated carbocycles. The van der Waals surface area contributed by atoms with Gasteiger partial charge in [-0.15, -0.1) is 0 Å². The maximum atomic E-state index is 12.8. The van der Waals surface area contributed by atoms with Crippen LogP contribution in [-0.4, -0.2) is 42.5 Å². The van der Waals surface area contributed by atoms with E-state index in [1.54, 1.807) is 0 Å². The molecule has 0 aromatic heterocycles. The van der Waals surface area contributed by atoms with Gasteiger partial charge in [-0.3, -0.25) is 14.5 Å². The maximum absolute atomic E-state index is 12.8. The number of carbonyl (C=O) groups is 2. The summed E-state index contributed by atoms with van der Waals surface area (Å²) in [5, 5.41) is 3.12. The van der Waals surface area contributed by atoms with E-state index >= 15 is 0 Å². The molecular formula is C19H26N2O3. The van der Waals surface area contributed by atoms with E-state index in [9.17, 15) is 9.59 Å². The molecule has 0 radical (unpaired) electrons. The van der Waals surface area contributed by atoms with Gasteiger partial charge in [-0.2, -0.15) is 0 Å². The lowest BCUT2D eigenvalue weighted by Gasteiger charge is -2.37. The van der Waals surface area contributed by atoms with E-state index in [1.807, 2.05) is 37.3 Å². The third kappa shape index (κ3) is 4.15. The highest BCUT2D eigenvalue weighted by Gasteiger charge is 2.36. The molecule has 2 aliphatic rings. The van der Waals surface area contributed by atoms with Crippen LogP contribution in [0, 0.1) is 5.92 Å².